The molecule has 0 spiro atoms. The van der Waals surface area contributed by atoms with Gasteiger partial charge in [0, 0.05) is 11.1 Å². The van der Waals surface area contributed by atoms with Crippen LogP contribution in [-0.4, -0.2) is 11.1 Å². The molecule has 1 saturated carbocycles. The van der Waals surface area contributed by atoms with Gasteiger partial charge < -0.3 is 10.5 Å². The number of halogens is 1. The van der Waals surface area contributed by atoms with Crippen molar-refractivity contribution in [3.63, 3.8) is 0 Å². The van der Waals surface area contributed by atoms with Gasteiger partial charge in [-0.25, -0.2) is 4.39 Å². The molecular formula is C12H14FNOS. The van der Waals surface area contributed by atoms with E-state index in [4.69, 9.17) is 22.7 Å². The van der Waals surface area contributed by atoms with Crippen LogP contribution in [0.15, 0.2) is 18.2 Å². The van der Waals surface area contributed by atoms with Crippen LogP contribution in [0.5, 0.6) is 0 Å². The van der Waals surface area contributed by atoms with Gasteiger partial charge in [0.2, 0.25) is 0 Å². The Morgan fingerprint density at radius 1 is 1.50 bits per heavy atom. The van der Waals surface area contributed by atoms with E-state index in [9.17, 15) is 4.39 Å². The van der Waals surface area contributed by atoms with Crippen LogP contribution in [0.2, 0.25) is 0 Å². The van der Waals surface area contributed by atoms with Gasteiger partial charge in [0.15, 0.2) is 0 Å². The molecule has 0 aliphatic heterocycles. The van der Waals surface area contributed by atoms with E-state index in [2.05, 4.69) is 0 Å². The molecule has 0 radical (unpaired) electrons. The van der Waals surface area contributed by atoms with Gasteiger partial charge in [0.1, 0.15) is 10.8 Å². The molecule has 0 heterocycles. The van der Waals surface area contributed by atoms with Crippen molar-refractivity contribution in [2.45, 2.75) is 32.0 Å². The Morgan fingerprint density at radius 2 is 2.25 bits per heavy atom. The number of hydrogen-bond donors (Lipinski definition) is 1. The van der Waals surface area contributed by atoms with Crippen LogP contribution in [-0.2, 0) is 11.3 Å². The van der Waals surface area contributed by atoms with Crippen molar-refractivity contribution in [2.24, 2.45) is 5.73 Å². The maximum atomic E-state index is 13.8. The third-order valence-electron chi connectivity index (χ3n) is 2.87. The van der Waals surface area contributed by atoms with Gasteiger partial charge in [-0.3, -0.25) is 0 Å². The summed E-state index contributed by atoms with van der Waals surface area (Å²) in [5, 5.41) is 0. The van der Waals surface area contributed by atoms with E-state index in [1.54, 1.807) is 18.2 Å². The highest BCUT2D eigenvalue weighted by Crippen LogP contribution is 2.24. The Kier molecular flexibility index (Phi) is 3.51. The number of ether oxygens (including phenoxy) is 1. The lowest BCUT2D eigenvalue weighted by atomic mass is 9.96. The fourth-order valence-corrected chi connectivity index (χ4v) is 1.78. The molecule has 1 aliphatic carbocycles. The van der Waals surface area contributed by atoms with E-state index in [0.29, 0.717) is 23.8 Å². The molecule has 16 heavy (non-hydrogen) atoms. The minimum atomic E-state index is -0.352. The molecule has 2 nitrogen and oxygen atoms in total. The van der Waals surface area contributed by atoms with E-state index < -0.39 is 0 Å². The minimum Gasteiger partial charge on any atom is -0.389 e. The van der Waals surface area contributed by atoms with Gasteiger partial charge in [-0.2, -0.15) is 0 Å². The molecule has 0 aromatic heterocycles. The summed E-state index contributed by atoms with van der Waals surface area (Å²) in [5.74, 6) is -0.352. The quantitative estimate of drug-likeness (QED) is 0.820. The Labute approximate surface area is 99.6 Å². The van der Waals surface area contributed by atoms with E-state index in [-0.39, 0.29) is 10.8 Å². The predicted octanol–water partition coefficient (Wildman–Crippen LogP) is 2.53. The lowest BCUT2D eigenvalue weighted by Gasteiger charge is -2.25. The van der Waals surface area contributed by atoms with Gasteiger partial charge in [-0.15, -0.1) is 0 Å². The summed E-state index contributed by atoms with van der Waals surface area (Å²) in [6, 6.07) is 5.04. The molecule has 1 fully saturated rings. The normalized spacial score (nSPS) is 15.8. The van der Waals surface area contributed by atoms with Crippen LogP contribution in [0, 0.1) is 5.82 Å². The number of thiocarbonyl (C=S) groups is 1. The minimum absolute atomic E-state index is 0.0861. The van der Waals surface area contributed by atoms with Gasteiger partial charge in [-0.05, 0) is 25.3 Å². The second-order valence-electron chi connectivity index (χ2n) is 4.01. The van der Waals surface area contributed by atoms with E-state index in [0.717, 1.165) is 12.8 Å². The fourth-order valence-electron chi connectivity index (χ4n) is 1.63. The summed E-state index contributed by atoms with van der Waals surface area (Å²) in [6.07, 6.45) is 3.67. The summed E-state index contributed by atoms with van der Waals surface area (Å²) in [7, 11) is 0. The van der Waals surface area contributed by atoms with Gasteiger partial charge >= 0.3 is 0 Å². The number of nitrogens with two attached hydrogens (primary N) is 1. The van der Waals surface area contributed by atoms with Crippen molar-refractivity contribution >= 4 is 17.2 Å². The van der Waals surface area contributed by atoms with Crippen LogP contribution in [0.25, 0.3) is 0 Å². The highest BCUT2D eigenvalue weighted by atomic mass is 32.1. The van der Waals surface area contributed by atoms with Crippen molar-refractivity contribution in [1.29, 1.82) is 0 Å². The maximum Gasteiger partial charge on any atom is 0.138 e. The number of hydrogen-bond acceptors (Lipinski definition) is 2. The van der Waals surface area contributed by atoms with E-state index >= 15 is 0 Å². The average molecular weight is 239 g/mol. The summed E-state index contributed by atoms with van der Waals surface area (Å²) in [4.78, 5) is 0.0861. The van der Waals surface area contributed by atoms with Crippen LogP contribution in [0.4, 0.5) is 4.39 Å². The van der Waals surface area contributed by atoms with Crippen LogP contribution < -0.4 is 5.73 Å². The van der Waals surface area contributed by atoms with Crippen molar-refractivity contribution in [3.05, 3.63) is 35.1 Å². The summed E-state index contributed by atoms with van der Waals surface area (Å²) in [6.45, 7) is 0.299. The smallest absolute Gasteiger partial charge is 0.138 e. The molecule has 1 aliphatic rings. The molecule has 0 atom stereocenters. The molecule has 1 aromatic carbocycles. The first-order chi connectivity index (χ1) is 7.68. The molecule has 2 rings (SSSR count). The molecule has 0 saturated heterocycles. The lowest BCUT2D eigenvalue weighted by molar-refractivity contribution is -0.00976. The molecule has 4 heteroatoms. The molecule has 86 valence electrons. The Balaban J connectivity index is 2.07. The first-order valence-corrected chi connectivity index (χ1v) is 5.78. The van der Waals surface area contributed by atoms with Crippen LogP contribution >= 0.6 is 12.2 Å². The number of benzene rings is 1. The van der Waals surface area contributed by atoms with E-state index in [1.807, 2.05) is 0 Å². The Bertz CT molecular complexity index is 404. The van der Waals surface area contributed by atoms with Crippen LogP contribution in [0.1, 0.15) is 30.4 Å². The molecule has 0 amide bonds. The van der Waals surface area contributed by atoms with Crippen molar-refractivity contribution in [3.8, 4) is 0 Å². The fraction of sp³-hybridized carbons (Fsp3) is 0.417. The first kappa shape index (κ1) is 11.5. The topological polar surface area (TPSA) is 35.2 Å². The molecule has 1 aromatic rings. The summed E-state index contributed by atoms with van der Waals surface area (Å²) in [5.41, 5.74) is 6.25. The van der Waals surface area contributed by atoms with Crippen molar-refractivity contribution in [1.82, 2.24) is 0 Å². The predicted molar refractivity (Wildman–Crippen MR) is 64.7 cm³/mol. The molecule has 0 unspecified atom stereocenters. The summed E-state index contributed by atoms with van der Waals surface area (Å²) < 4.78 is 19.4. The average Bonchev–Trinajstić information content (AvgIpc) is 2.17. The van der Waals surface area contributed by atoms with Crippen molar-refractivity contribution in [2.75, 3.05) is 0 Å². The molecular weight excluding hydrogens is 225 g/mol. The SMILES string of the molecule is NC(=S)c1cccc(COC2CCC2)c1F. The standard InChI is InChI=1S/C12H14FNOS/c13-11-8(7-15-9-4-2-5-9)3-1-6-10(11)12(14)16/h1,3,6,9H,2,4-5,7H2,(H2,14,16). The Morgan fingerprint density at radius 3 is 2.81 bits per heavy atom. The van der Waals surface area contributed by atoms with Crippen molar-refractivity contribution < 1.29 is 9.13 Å². The van der Waals surface area contributed by atoms with Crippen LogP contribution in [0.3, 0.4) is 0 Å². The Hall–Kier alpha value is -1.00. The zero-order valence-corrected chi connectivity index (χ0v) is 9.73. The lowest BCUT2D eigenvalue weighted by Crippen LogP contribution is -2.21. The third kappa shape index (κ3) is 2.39. The zero-order valence-electron chi connectivity index (χ0n) is 8.91. The maximum absolute atomic E-state index is 13.8. The van der Waals surface area contributed by atoms with Gasteiger partial charge in [0.25, 0.3) is 0 Å². The molecule has 2 N–H and O–H groups in total. The summed E-state index contributed by atoms with van der Waals surface area (Å²) >= 11 is 4.78. The van der Waals surface area contributed by atoms with Gasteiger partial charge in [-0.1, -0.05) is 24.4 Å². The highest BCUT2D eigenvalue weighted by molar-refractivity contribution is 7.80. The monoisotopic (exact) mass is 239 g/mol. The largest absolute Gasteiger partial charge is 0.389 e. The third-order valence-corrected chi connectivity index (χ3v) is 3.09. The number of rotatable bonds is 4. The zero-order chi connectivity index (χ0) is 11.5. The second-order valence-corrected chi connectivity index (χ2v) is 4.45. The van der Waals surface area contributed by atoms with Gasteiger partial charge in [0.05, 0.1) is 12.7 Å². The van der Waals surface area contributed by atoms with E-state index in [1.165, 1.54) is 6.42 Å². The molecule has 0 bridgehead atoms. The first-order valence-electron chi connectivity index (χ1n) is 5.37. The highest BCUT2D eigenvalue weighted by Gasteiger charge is 2.19. The second kappa shape index (κ2) is 4.89.